The monoisotopic (exact) mass is 326 g/mol. The summed E-state index contributed by atoms with van der Waals surface area (Å²) in [7, 11) is 4.63. The molecule has 6 nitrogen and oxygen atoms in total. The molecule has 2 aliphatic carbocycles. The van der Waals surface area contributed by atoms with Gasteiger partial charge in [0.25, 0.3) is 0 Å². The van der Waals surface area contributed by atoms with E-state index in [1.165, 1.54) is 12.7 Å². The second kappa shape index (κ2) is 8.93. The Morgan fingerprint density at radius 3 is 2.52 bits per heavy atom. The first-order valence-corrected chi connectivity index (χ1v) is 7.96. The lowest BCUT2D eigenvalue weighted by molar-refractivity contribution is -0.146. The molecule has 23 heavy (non-hydrogen) atoms. The van der Waals surface area contributed by atoms with Crippen molar-refractivity contribution in [3.63, 3.8) is 0 Å². The van der Waals surface area contributed by atoms with Gasteiger partial charge in [0.15, 0.2) is 13.6 Å². The first-order valence-electron chi connectivity index (χ1n) is 7.96. The van der Waals surface area contributed by atoms with Crippen molar-refractivity contribution in [3.8, 4) is 0 Å². The number of methoxy groups -OCH3 is 3. The number of rotatable bonds is 8. The smallest absolute Gasteiger partial charge is 0.309 e. The molecular formula is C17H26O6. The molecule has 2 rings (SSSR count). The molecule has 1 unspecified atom stereocenters. The van der Waals surface area contributed by atoms with Gasteiger partial charge in [-0.2, -0.15) is 0 Å². The third-order valence-corrected chi connectivity index (χ3v) is 4.41. The van der Waals surface area contributed by atoms with Gasteiger partial charge in [0, 0.05) is 26.7 Å². The predicted octanol–water partition coefficient (Wildman–Crippen LogP) is 2.75. The number of hydrogen-bond donors (Lipinski definition) is 0. The molecule has 0 aromatic carbocycles. The zero-order chi connectivity index (χ0) is 16.7. The van der Waals surface area contributed by atoms with E-state index in [0.717, 1.165) is 43.6 Å². The van der Waals surface area contributed by atoms with Crippen LogP contribution >= 0.6 is 0 Å². The minimum Gasteiger partial charge on any atom is -0.472 e. The maximum Gasteiger partial charge on any atom is 0.309 e. The van der Waals surface area contributed by atoms with Gasteiger partial charge in [0.1, 0.15) is 11.5 Å². The highest BCUT2D eigenvalue weighted by Crippen LogP contribution is 2.43. The van der Waals surface area contributed by atoms with Crippen LogP contribution in [0.1, 0.15) is 32.1 Å². The van der Waals surface area contributed by atoms with Gasteiger partial charge in [0.05, 0.1) is 13.0 Å². The third kappa shape index (κ3) is 4.48. The number of ether oxygens (including phenoxy) is 5. The molecular weight excluding hydrogens is 300 g/mol. The van der Waals surface area contributed by atoms with Crippen LogP contribution < -0.4 is 0 Å². The summed E-state index contributed by atoms with van der Waals surface area (Å²) in [6.45, 7) is 0.384. The number of carbonyl (C=O) groups excluding carboxylic acids is 1. The van der Waals surface area contributed by atoms with E-state index in [4.69, 9.17) is 23.7 Å². The van der Waals surface area contributed by atoms with Crippen LogP contribution in [0.4, 0.5) is 0 Å². The zero-order valence-corrected chi connectivity index (χ0v) is 14.1. The maximum atomic E-state index is 12.0. The SMILES string of the molecule is COCOC1=CC(OCOC)=C([C@@H]2CCCC2C(=O)OC)CC1. The molecule has 0 radical (unpaired) electrons. The van der Waals surface area contributed by atoms with Gasteiger partial charge >= 0.3 is 5.97 Å². The zero-order valence-electron chi connectivity index (χ0n) is 14.1. The normalized spacial score (nSPS) is 24.4. The average molecular weight is 326 g/mol. The lowest BCUT2D eigenvalue weighted by Gasteiger charge is -2.27. The second-order valence-electron chi connectivity index (χ2n) is 5.77. The van der Waals surface area contributed by atoms with Crippen LogP contribution in [0.25, 0.3) is 0 Å². The fourth-order valence-electron chi connectivity index (χ4n) is 3.38. The quantitative estimate of drug-likeness (QED) is 0.505. The van der Waals surface area contributed by atoms with E-state index >= 15 is 0 Å². The Balaban J connectivity index is 2.21. The summed E-state index contributed by atoms with van der Waals surface area (Å²) in [5, 5.41) is 0. The van der Waals surface area contributed by atoms with Crippen molar-refractivity contribution in [1.82, 2.24) is 0 Å². The summed E-state index contributed by atoms with van der Waals surface area (Å²) in [5.74, 6) is 1.55. The molecule has 0 amide bonds. The Bertz CT molecular complexity index is 468. The van der Waals surface area contributed by atoms with Crippen LogP contribution in [0.5, 0.6) is 0 Å². The summed E-state index contributed by atoms with van der Waals surface area (Å²) >= 11 is 0. The number of allylic oxidation sites excluding steroid dienone is 3. The summed E-state index contributed by atoms with van der Waals surface area (Å²) in [6.07, 6.45) is 6.37. The second-order valence-corrected chi connectivity index (χ2v) is 5.77. The molecule has 0 aliphatic heterocycles. The summed E-state index contributed by atoms with van der Waals surface area (Å²) < 4.78 is 26.2. The van der Waals surface area contributed by atoms with Crippen LogP contribution in [0, 0.1) is 11.8 Å². The standard InChI is InChI=1S/C17H26O6/c1-19-10-22-12-7-8-14(16(9-12)23-11-20-2)13-5-4-6-15(13)17(18)21-3/h9,13,15H,4-8,10-11H2,1-3H3/t13-,15?/m0/s1. The van der Waals surface area contributed by atoms with E-state index in [2.05, 4.69) is 0 Å². The maximum absolute atomic E-state index is 12.0. The molecule has 0 bridgehead atoms. The molecule has 0 spiro atoms. The highest BCUT2D eigenvalue weighted by Gasteiger charge is 2.38. The molecule has 6 heteroatoms. The third-order valence-electron chi connectivity index (χ3n) is 4.41. The average Bonchev–Trinajstić information content (AvgIpc) is 3.06. The topological polar surface area (TPSA) is 63.2 Å². The Hall–Kier alpha value is -1.53. The van der Waals surface area contributed by atoms with Gasteiger partial charge in [-0.05, 0) is 30.8 Å². The van der Waals surface area contributed by atoms with E-state index in [0.29, 0.717) is 0 Å². The van der Waals surface area contributed by atoms with Crippen molar-refractivity contribution < 1.29 is 28.5 Å². The number of esters is 1. The highest BCUT2D eigenvalue weighted by atomic mass is 16.7. The van der Waals surface area contributed by atoms with Crippen LogP contribution in [0.15, 0.2) is 23.2 Å². The van der Waals surface area contributed by atoms with Crippen molar-refractivity contribution in [2.75, 3.05) is 34.9 Å². The molecule has 1 saturated carbocycles. The van der Waals surface area contributed by atoms with Crippen molar-refractivity contribution >= 4 is 5.97 Å². The van der Waals surface area contributed by atoms with E-state index in [1.54, 1.807) is 14.2 Å². The van der Waals surface area contributed by atoms with Gasteiger partial charge in [0.2, 0.25) is 0 Å². The molecule has 0 saturated heterocycles. The van der Waals surface area contributed by atoms with Gasteiger partial charge in [-0.25, -0.2) is 0 Å². The number of hydrogen-bond acceptors (Lipinski definition) is 6. The minimum atomic E-state index is -0.128. The van der Waals surface area contributed by atoms with E-state index < -0.39 is 0 Å². The van der Waals surface area contributed by atoms with E-state index in [1.807, 2.05) is 6.08 Å². The van der Waals surface area contributed by atoms with Gasteiger partial charge in [-0.15, -0.1) is 0 Å². The molecule has 130 valence electrons. The predicted molar refractivity (Wildman–Crippen MR) is 83.1 cm³/mol. The Morgan fingerprint density at radius 1 is 1.09 bits per heavy atom. The Labute approximate surface area is 137 Å². The summed E-state index contributed by atoms with van der Waals surface area (Å²) in [6, 6.07) is 0. The summed E-state index contributed by atoms with van der Waals surface area (Å²) in [5.41, 5.74) is 1.17. The Morgan fingerprint density at radius 2 is 1.83 bits per heavy atom. The largest absolute Gasteiger partial charge is 0.472 e. The van der Waals surface area contributed by atoms with Crippen LogP contribution in [-0.2, 0) is 28.5 Å². The lowest BCUT2D eigenvalue weighted by Crippen LogP contribution is -2.24. The first-order chi connectivity index (χ1) is 11.2. The lowest BCUT2D eigenvalue weighted by atomic mass is 9.83. The molecule has 0 aromatic rings. The van der Waals surface area contributed by atoms with Crippen molar-refractivity contribution in [1.29, 1.82) is 0 Å². The van der Waals surface area contributed by atoms with Crippen LogP contribution in [0.3, 0.4) is 0 Å². The minimum absolute atomic E-state index is 0.0778. The van der Waals surface area contributed by atoms with Gasteiger partial charge in [-0.1, -0.05) is 6.42 Å². The van der Waals surface area contributed by atoms with Crippen LogP contribution in [0.2, 0.25) is 0 Å². The molecule has 2 aliphatic rings. The van der Waals surface area contributed by atoms with Crippen molar-refractivity contribution in [2.24, 2.45) is 11.8 Å². The van der Waals surface area contributed by atoms with E-state index in [-0.39, 0.29) is 31.4 Å². The fourth-order valence-corrected chi connectivity index (χ4v) is 3.38. The molecule has 0 aromatic heterocycles. The molecule has 0 heterocycles. The van der Waals surface area contributed by atoms with Crippen molar-refractivity contribution in [2.45, 2.75) is 32.1 Å². The molecule has 0 N–H and O–H groups in total. The first kappa shape index (κ1) is 17.8. The Kier molecular flexibility index (Phi) is 6.92. The fraction of sp³-hybridized carbons (Fsp3) is 0.706. The van der Waals surface area contributed by atoms with Gasteiger partial charge in [-0.3, -0.25) is 4.79 Å². The van der Waals surface area contributed by atoms with E-state index in [9.17, 15) is 4.79 Å². The van der Waals surface area contributed by atoms with Crippen molar-refractivity contribution in [3.05, 3.63) is 23.2 Å². The van der Waals surface area contributed by atoms with Crippen LogP contribution in [-0.4, -0.2) is 40.9 Å². The highest BCUT2D eigenvalue weighted by molar-refractivity contribution is 5.73. The molecule has 1 fully saturated rings. The van der Waals surface area contributed by atoms with Gasteiger partial charge < -0.3 is 23.7 Å². The summed E-state index contributed by atoms with van der Waals surface area (Å²) in [4.78, 5) is 12.0. The molecule has 2 atom stereocenters. The number of carbonyl (C=O) groups is 1.